The molecule has 0 radical (unpaired) electrons. The van der Waals surface area contributed by atoms with E-state index in [1.54, 1.807) is 59.2 Å². The highest BCUT2D eigenvalue weighted by atomic mass is 35.5. The fraction of sp³-hybridized carbons (Fsp3) is 0.208. The third-order valence-corrected chi connectivity index (χ3v) is 5.60. The highest BCUT2D eigenvalue weighted by Gasteiger charge is 2.40. The van der Waals surface area contributed by atoms with Gasteiger partial charge in [-0.2, -0.15) is 0 Å². The van der Waals surface area contributed by atoms with E-state index in [9.17, 15) is 9.59 Å². The average Bonchev–Trinajstić information content (AvgIpc) is 3.50. The molecule has 4 aromatic rings. The van der Waals surface area contributed by atoms with Crippen LogP contribution < -0.4 is 5.32 Å². The minimum atomic E-state index is -0.983. The van der Waals surface area contributed by atoms with Crippen LogP contribution in [0.5, 0.6) is 0 Å². The molecule has 0 unspecified atom stereocenters. The summed E-state index contributed by atoms with van der Waals surface area (Å²) in [6.07, 6.45) is 1.01. The van der Waals surface area contributed by atoms with Gasteiger partial charge in [-0.3, -0.25) is 9.36 Å². The van der Waals surface area contributed by atoms with Crippen molar-refractivity contribution in [2.24, 2.45) is 0 Å². The van der Waals surface area contributed by atoms with Gasteiger partial charge >= 0.3 is 5.97 Å². The van der Waals surface area contributed by atoms with Crippen molar-refractivity contribution in [3.63, 3.8) is 0 Å². The molecular formula is C24H20ClN5O5. The Labute approximate surface area is 204 Å². The molecule has 3 atom stereocenters. The first-order chi connectivity index (χ1) is 17.1. The Balaban J connectivity index is 1.36. The zero-order chi connectivity index (χ0) is 24.2. The van der Waals surface area contributed by atoms with E-state index in [0.717, 1.165) is 0 Å². The number of esters is 1. The van der Waals surface area contributed by atoms with Gasteiger partial charge in [0.05, 0.1) is 11.9 Å². The lowest BCUT2D eigenvalue weighted by molar-refractivity contribution is -0.153. The zero-order valence-electron chi connectivity index (χ0n) is 18.3. The average molecular weight is 494 g/mol. The van der Waals surface area contributed by atoms with Gasteiger partial charge in [-0.1, -0.05) is 48.0 Å². The number of benzene rings is 2. The van der Waals surface area contributed by atoms with Crippen molar-refractivity contribution in [1.29, 1.82) is 0 Å². The number of ether oxygens (including phenoxy) is 3. The lowest BCUT2D eigenvalue weighted by Gasteiger charge is -2.18. The molecule has 0 spiro atoms. The topological polar surface area (TPSA) is 117 Å². The summed E-state index contributed by atoms with van der Waals surface area (Å²) in [7, 11) is 0. The molecule has 11 heteroatoms. The van der Waals surface area contributed by atoms with Crippen LogP contribution >= 0.6 is 11.6 Å². The molecule has 1 fully saturated rings. The Hall–Kier alpha value is -3.86. The molecule has 3 heterocycles. The number of carbonyl (C=O) groups is 2. The highest BCUT2D eigenvalue weighted by molar-refractivity contribution is 6.17. The first-order valence-corrected chi connectivity index (χ1v) is 11.3. The smallest absolute Gasteiger partial charge is 0.340 e. The molecule has 0 aliphatic carbocycles. The fourth-order valence-electron chi connectivity index (χ4n) is 3.79. The van der Waals surface area contributed by atoms with Gasteiger partial charge in [-0.25, -0.2) is 19.7 Å². The van der Waals surface area contributed by atoms with E-state index in [1.807, 2.05) is 6.07 Å². The minimum absolute atomic E-state index is 0.0946. The number of fused-ring (bicyclic) bond motifs is 1. The number of halogens is 1. The number of nitrogens with one attached hydrogen (secondary N) is 1. The maximum Gasteiger partial charge on any atom is 0.340 e. The van der Waals surface area contributed by atoms with Gasteiger partial charge in [0.25, 0.3) is 5.91 Å². The second-order valence-electron chi connectivity index (χ2n) is 7.65. The van der Waals surface area contributed by atoms with E-state index in [4.69, 9.17) is 25.8 Å². The van der Waals surface area contributed by atoms with Crippen molar-refractivity contribution in [3.8, 4) is 0 Å². The number of hydrogen-bond donors (Lipinski definition) is 1. The van der Waals surface area contributed by atoms with Crippen molar-refractivity contribution >= 4 is 40.5 Å². The van der Waals surface area contributed by atoms with E-state index in [1.165, 1.54) is 12.7 Å². The van der Waals surface area contributed by atoms with Crippen LogP contribution in [0.1, 0.15) is 33.4 Å². The van der Waals surface area contributed by atoms with E-state index < -0.39 is 24.6 Å². The summed E-state index contributed by atoms with van der Waals surface area (Å²) >= 11 is 5.79. The molecule has 2 aromatic carbocycles. The Morgan fingerprint density at radius 1 is 1.03 bits per heavy atom. The number of amides is 1. The van der Waals surface area contributed by atoms with Crippen LogP contribution in [0.2, 0.25) is 0 Å². The van der Waals surface area contributed by atoms with Crippen LogP contribution in [-0.2, 0) is 14.2 Å². The molecule has 178 valence electrons. The summed E-state index contributed by atoms with van der Waals surface area (Å²) in [6.45, 7) is 0. The monoisotopic (exact) mass is 493 g/mol. The fourth-order valence-corrected chi connectivity index (χ4v) is 3.95. The van der Waals surface area contributed by atoms with E-state index in [-0.39, 0.29) is 17.8 Å². The van der Waals surface area contributed by atoms with Crippen molar-refractivity contribution < 1.29 is 23.8 Å². The molecule has 1 saturated heterocycles. The SMILES string of the molecule is O=C(Nc1ncnc2c1ncn2[C@H]1C[C@H](OCCl)[C@@H](OC(=O)c2ccccc2)O1)c1ccccc1. The lowest BCUT2D eigenvalue weighted by atomic mass is 10.2. The minimum Gasteiger partial charge on any atom is -0.429 e. The summed E-state index contributed by atoms with van der Waals surface area (Å²) in [6, 6.07) is 17.3. The predicted octanol–water partition coefficient (Wildman–Crippen LogP) is 3.76. The third-order valence-electron chi connectivity index (χ3n) is 5.48. The highest BCUT2D eigenvalue weighted by Crippen LogP contribution is 2.34. The second-order valence-corrected chi connectivity index (χ2v) is 7.87. The number of anilines is 1. The van der Waals surface area contributed by atoms with Gasteiger partial charge < -0.3 is 19.5 Å². The molecule has 5 rings (SSSR count). The number of aromatic nitrogens is 4. The maximum atomic E-state index is 12.6. The van der Waals surface area contributed by atoms with Crippen molar-refractivity contribution in [1.82, 2.24) is 19.5 Å². The standard InChI is InChI=1S/C24H20ClN5O5/c25-12-33-17-11-18(34-24(17)35-23(32)16-9-5-2-6-10-16)30-14-28-19-20(26-13-27-21(19)30)29-22(31)15-7-3-1-4-8-15/h1-10,13-14,17-18,24H,11-12H2,(H,26,27,29,31)/t17-,18+,24+/m0/s1. The van der Waals surface area contributed by atoms with Crippen LogP contribution in [0.25, 0.3) is 11.2 Å². The third kappa shape index (κ3) is 4.85. The number of rotatable bonds is 7. The molecular weight excluding hydrogens is 474 g/mol. The molecule has 0 bridgehead atoms. The van der Waals surface area contributed by atoms with Gasteiger partial charge in [0.1, 0.15) is 24.7 Å². The molecule has 1 aliphatic heterocycles. The quantitative estimate of drug-likeness (QED) is 0.305. The maximum absolute atomic E-state index is 12.6. The van der Waals surface area contributed by atoms with Crippen LogP contribution in [0.15, 0.2) is 73.3 Å². The van der Waals surface area contributed by atoms with Gasteiger partial charge in [0.15, 0.2) is 17.0 Å². The first-order valence-electron chi connectivity index (χ1n) is 10.8. The molecule has 1 amide bonds. The second kappa shape index (κ2) is 10.2. The largest absolute Gasteiger partial charge is 0.429 e. The number of nitrogens with zero attached hydrogens (tertiary/aromatic N) is 4. The molecule has 1 N–H and O–H groups in total. The summed E-state index contributed by atoms with van der Waals surface area (Å²) in [5, 5.41) is 2.77. The molecule has 2 aromatic heterocycles. The molecule has 0 saturated carbocycles. The predicted molar refractivity (Wildman–Crippen MR) is 126 cm³/mol. The van der Waals surface area contributed by atoms with Crippen LogP contribution in [0, 0.1) is 0 Å². The summed E-state index contributed by atoms with van der Waals surface area (Å²) in [5.74, 6) is -0.593. The molecule has 1 aliphatic rings. The van der Waals surface area contributed by atoms with Crippen LogP contribution in [-0.4, -0.2) is 49.9 Å². The zero-order valence-corrected chi connectivity index (χ0v) is 19.0. The molecule has 10 nitrogen and oxygen atoms in total. The van der Waals surface area contributed by atoms with E-state index in [2.05, 4.69) is 20.3 Å². The van der Waals surface area contributed by atoms with Crippen LogP contribution in [0.3, 0.4) is 0 Å². The Kier molecular flexibility index (Phi) is 6.66. The number of carbonyl (C=O) groups excluding carboxylic acids is 2. The van der Waals surface area contributed by atoms with Crippen molar-refractivity contribution in [3.05, 3.63) is 84.4 Å². The van der Waals surface area contributed by atoms with E-state index >= 15 is 0 Å². The Morgan fingerprint density at radius 2 is 1.74 bits per heavy atom. The molecule has 35 heavy (non-hydrogen) atoms. The van der Waals surface area contributed by atoms with E-state index in [0.29, 0.717) is 28.7 Å². The van der Waals surface area contributed by atoms with Gasteiger partial charge in [-0.15, -0.1) is 0 Å². The number of hydrogen-bond acceptors (Lipinski definition) is 8. The van der Waals surface area contributed by atoms with Gasteiger partial charge in [-0.05, 0) is 24.3 Å². The summed E-state index contributed by atoms with van der Waals surface area (Å²) in [4.78, 5) is 38.0. The normalized spacial score (nSPS) is 19.5. The summed E-state index contributed by atoms with van der Waals surface area (Å²) < 4.78 is 18.8. The van der Waals surface area contributed by atoms with Crippen molar-refractivity contribution in [2.45, 2.75) is 25.0 Å². The van der Waals surface area contributed by atoms with Gasteiger partial charge in [0, 0.05) is 12.0 Å². The Bertz CT molecular complexity index is 1330. The number of imidazole rings is 1. The number of alkyl halides is 1. The van der Waals surface area contributed by atoms with Crippen molar-refractivity contribution in [2.75, 3.05) is 11.4 Å². The van der Waals surface area contributed by atoms with Crippen LogP contribution in [0.4, 0.5) is 5.82 Å². The first kappa shape index (κ1) is 22.9. The lowest BCUT2D eigenvalue weighted by Crippen LogP contribution is -2.29. The summed E-state index contributed by atoms with van der Waals surface area (Å²) in [5.41, 5.74) is 1.71. The Morgan fingerprint density at radius 3 is 2.46 bits per heavy atom. The van der Waals surface area contributed by atoms with Gasteiger partial charge in [0.2, 0.25) is 6.29 Å².